The second kappa shape index (κ2) is 32.8. The van der Waals surface area contributed by atoms with Gasteiger partial charge in [0.15, 0.2) is 0 Å². The fourth-order valence-electron chi connectivity index (χ4n) is 16.9. The van der Waals surface area contributed by atoms with E-state index in [0.717, 1.165) is 238 Å². The van der Waals surface area contributed by atoms with Gasteiger partial charge < -0.3 is 42.7 Å². The third-order valence-electron chi connectivity index (χ3n) is 22.6. The molecule has 23 nitrogen and oxygen atoms in total. The number of aryl methyl sites for hydroxylation is 7. The van der Waals surface area contributed by atoms with Gasteiger partial charge in [-0.15, -0.1) is 0 Å². The smallest absolute Gasteiger partial charge is 0.414 e. The summed E-state index contributed by atoms with van der Waals surface area (Å²) in [5.41, 5.74) is 14.5. The van der Waals surface area contributed by atoms with Crippen LogP contribution in [0.15, 0.2) is 104 Å². The molecule has 0 radical (unpaired) electrons. The van der Waals surface area contributed by atoms with Gasteiger partial charge in [-0.3, -0.25) is 29.0 Å². The Bertz CT molecular complexity index is 4560. The highest BCUT2D eigenvalue weighted by atomic mass is 16.6. The van der Waals surface area contributed by atoms with E-state index in [2.05, 4.69) is 111 Å². The number of aromatic nitrogens is 9. The van der Waals surface area contributed by atoms with Crippen molar-refractivity contribution in [1.29, 1.82) is 0 Å². The van der Waals surface area contributed by atoms with Crippen LogP contribution in [0.1, 0.15) is 182 Å². The van der Waals surface area contributed by atoms with E-state index in [1.165, 1.54) is 26.9 Å². The average molecular weight is 1430 g/mol. The van der Waals surface area contributed by atoms with Crippen LogP contribution in [0.25, 0.3) is 33.1 Å². The summed E-state index contributed by atoms with van der Waals surface area (Å²) >= 11 is 0. The number of hydrogen-bond acceptors (Lipinski definition) is 15. The minimum absolute atomic E-state index is 0.0571. The number of imidazole rings is 3. The third-order valence-corrected chi connectivity index (χ3v) is 22.6. The van der Waals surface area contributed by atoms with E-state index >= 15 is 0 Å². The number of ketones is 1. The summed E-state index contributed by atoms with van der Waals surface area (Å²) in [6, 6.07) is 29.3. The Labute approximate surface area is 615 Å². The van der Waals surface area contributed by atoms with Gasteiger partial charge in [-0.2, -0.15) is 5.10 Å². The average Bonchev–Trinajstić information content (AvgIpc) is 1.66. The molecule has 0 saturated heterocycles. The molecule has 23 heteroatoms. The predicted octanol–water partition coefficient (Wildman–Crippen LogP) is 15.1. The number of benzene rings is 4. The third kappa shape index (κ3) is 16.0. The molecule has 6 aliphatic rings. The quantitative estimate of drug-likeness (QED) is 0.0740. The molecule has 0 unspecified atom stereocenters. The van der Waals surface area contributed by atoms with Crippen molar-refractivity contribution in [3.05, 3.63) is 149 Å². The van der Waals surface area contributed by atoms with E-state index in [9.17, 15) is 29.1 Å². The van der Waals surface area contributed by atoms with Crippen molar-refractivity contribution in [2.24, 2.45) is 11.8 Å². The van der Waals surface area contributed by atoms with E-state index in [1.807, 2.05) is 60.5 Å². The molecule has 8 heterocycles. The lowest BCUT2D eigenvalue weighted by Gasteiger charge is -2.34. The van der Waals surface area contributed by atoms with E-state index in [4.69, 9.17) is 33.9 Å². The Morgan fingerprint density at radius 1 is 0.552 bits per heavy atom. The van der Waals surface area contributed by atoms with Crippen molar-refractivity contribution in [2.75, 3.05) is 56.2 Å². The second-order valence-electron chi connectivity index (χ2n) is 29.7. The molecule has 0 spiro atoms. The largest absolute Gasteiger partial charge is 0.481 e. The van der Waals surface area contributed by atoms with Gasteiger partial charge in [-0.25, -0.2) is 34.3 Å². The lowest BCUT2D eigenvalue weighted by atomic mass is 9.83. The Hall–Kier alpha value is -9.64. The zero-order valence-corrected chi connectivity index (χ0v) is 62.5. The SMILES string of the molecule is CCCN(C)CCn1c(CCn2cccn2)nc2c3c(ccc21)N(C(=O)OC)[C@@H](C)CC3.COC(=O)N1c2ccc3c(nc(CCc4ccccc4)n3[C@@H]3CCC[C@@H](C(=O)O)C3)c2CC[C@@H]1C.COC(=O)N1c2ccc3c(nc(Cc4ccc(OC5CC5)nc4)n3[C@@H]3CCC[C@@H](C(C)=O)C3)c2CC[C@@H]1C. The maximum absolute atomic E-state index is 12.7. The number of carbonyl (C=O) groups is 5. The summed E-state index contributed by atoms with van der Waals surface area (Å²) in [6.07, 6.45) is 23.7. The lowest BCUT2D eigenvalue weighted by Crippen LogP contribution is -2.42. The highest BCUT2D eigenvalue weighted by Crippen LogP contribution is 2.44. The molecule has 9 aromatic rings. The highest BCUT2D eigenvalue weighted by molar-refractivity contribution is 5.98. The topological polar surface area (TPSA) is 240 Å². The summed E-state index contributed by atoms with van der Waals surface area (Å²) in [7, 11) is 6.46. The van der Waals surface area contributed by atoms with E-state index in [-0.39, 0.29) is 66.1 Å². The van der Waals surface area contributed by atoms with E-state index in [0.29, 0.717) is 24.8 Å². The number of carboxylic acid groups (broad SMARTS) is 1. The number of carboxylic acids is 1. The summed E-state index contributed by atoms with van der Waals surface area (Å²) in [5.74, 6) is 3.06. The minimum atomic E-state index is -0.704. The first-order chi connectivity index (χ1) is 50.9. The van der Waals surface area contributed by atoms with Crippen LogP contribution in [0.4, 0.5) is 31.4 Å². The molecule has 3 aliphatic carbocycles. The number of anilines is 3. The van der Waals surface area contributed by atoms with Gasteiger partial charge >= 0.3 is 24.2 Å². The number of pyridine rings is 1. The maximum Gasteiger partial charge on any atom is 0.414 e. The summed E-state index contributed by atoms with van der Waals surface area (Å²) in [4.78, 5) is 89.5. The Morgan fingerprint density at radius 3 is 1.60 bits per heavy atom. The molecule has 7 atom stereocenters. The van der Waals surface area contributed by atoms with Crippen LogP contribution in [-0.2, 0) is 81.8 Å². The Morgan fingerprint density at radius 2 is 1.09 bits per heavy atom. The second-order valence-corrected chi connectivity index (χ2v) is 29.7. The van der Waals surface area contributed by atoms with Crippen LogP contribution >= 0.6 is 0 Å². The van der Waals surface area contributed by atoms with Crippen LogP contribution in [0, 0.1) is 11.8 Å². The number of ether oxygens (including phenoxy) is 4. The van der Waals surface area contributed by atoms with Crippen LogP contribution in [0.2, 0.25) is 0 Å². The van der Waals surface area contributed by atoms with Gasteiger partial charge in [-0.1, -0.05) is 56.2 Å². The molecule has 3 fully saturated rings. The molecule has 0 bridgehead atoms. The fraction of sp³-hybridized carbons (Fsp3) is 0.512. The number of Topliss-reactive ketones (excluding diaryl/α,β-unsaturated/α-hetero) is 1. The van der Waals surface area contributed by atoms with Crippen LogP contribution < -0.4 is 19.4 Å². The van der Waals surface area contributed by atoms with Gasteiger partial charge in [0.2, 0.25) is 5.88 Å². The molecule has 3 saturated carbocycles. The van der Waals surface area contributed by atoms with Gasteiger partial charge in [0.25, 0.3) is 0 Å². The fourth-order valence-corrected chi connectivity index (χ4v) is 16.9. The number of fused-ring (bicyclic) bond motifs is 9. The van der Waals surface area contributed by atoms with Crippen molar-refractivity contribution in [1.82, 2.24) is 48.3 Å². The molecule has 3 aliphatic heterocycles. The predicted molar refractivity (Wildman–Crippen MR) is 406 cm³/mol. The molecule has 3 amide bonds. The standard InChI is InChI=1S/C30H36N4O4.C28H33N3O4.C24H34N6O2/c1-18-7-11-24-25(33(18)30(36)37-3)12-13-26-29(24)32-27(34(26)22-6-4-5-21(16-22)19(2)35)15-20-8-14-28(31-17-20)38-23-9-10-23;1-18-11-13-22-23(30(18)28(34)35-2)14-15-24-26(22)29-25(16-12-19-7-4-3-5-8-19)31(24)21-10-6-9-20(17-21)27(32)33;1-5-13-27(3)16-17-29-21-10-9-20-19(8-7-18(2)30(20)24(31)32-4)23(21)26-22(29)11-15-28-14-6-12-25-28/h8,12-14,17-18,21-23H,4-7,9-11,15-16H2,1-3H3;3-5,7-8,14-15,18,20-21H,6,9-13,16-17H2,1-2H3,(H,32,33);6,9-10,12,14,18H,5,7-8,11,13,15-17H2,1-4H3/t18-,21+,22+;18-,20+,21+;18-/m000/s1. The van der Waals surface area contributed by atoms with Crippen LogP contribution in [0.3, 0.4) is 0 Å². The number of rotatable bonds is 19. The van der Waals surface area contributed by atoms with Crippen molar-refractivity contribution in [3.8, 4) is 5.88 Å². The monoisotopic (exact) mass is 1430 g/mol. The number of likely N-dealkylation sites (N-methyl/N-ethyl adjacent to an activating group) is 1. The van der Waals surface area contributed by atoms with Crippen LogP contribution in [-0.4, -0.2) is 149 Å². The zero-order chi connectivity index (χ0) is 73.6. The molecule has 5 aromatic heterocycles. The van der Waals surface area contributed by atoms with E-state index in [1.54, 1.807) is 21.6 Å². The van der Waals surface area contributed by atoms with Crippen LogP contribution in [0.5, 0.6) is 5.88 Å². The van der Waals surface area contributed by atoms with Crippen molar-refractivity contribution in [2.45, 2.75) is 219 Å². The first kappa shape index (κ1) is 73.7. The molecular weight excluding hydrogens is 1330 g/mol. The summed E-state index contributed by atoms with van der Waals surface area (Å²) < 4.78 is 30.1. The minimum Gasteiger partial charge on any atom is -0.481 e. The number of aliphatic carboxylic acids is 1. The van der Waals surface area contributed by atoms with Crippen molar-refractivity contribution < 1.29 is 48.0 Å². The number of methoxy groups -OCH3 is 3. The van der Waals surface area contributed by atoms with Gasteiger partial charge in [0.1, 0.15) is 29.4 Å². The number of hydrogen-bond donors (Lipinski definition) is 1. The molecular formula is C82H103N13O10. The summed E-state index contributed by atoms with van der Waals surface area (Å²) in [6.45, 7) is 13.8. The lowest BCUT2D eigenvalue weighted by molar-refractivity contribution is -0.143. The molecule has 1 N–H and O–H groups in total. The van der Waals surface area contributed by atoms with Gasteiger partial charge in [-0.05, 0) is 198 Å². The molecule has 15 rings (SSSR count). The Balaban J connectivity index is 0.000000140. The van der Waals surface area contributed by atoms with Gasteiger partial charge in [0.05, 0.1) is 77.4 Å². The first-order valence-corrected chi connectivity index (χ1v) is 38.2. The molecule has 556 valence electrons. The zero-order valence-electron chi connectivity index (χ0n) is 62.5. The Kier molecular flexibility index (Phi) is 23.0. The van der Waals surface area contributed by atoms with Gasteiger partial charge in [0, 0.05) is 116 Å². The first-order valence-electron chi connectivity index (χ1n) is 38.2. The van der Waals surface area contributed by atoms with Crippen molar-refractivity contribution in [3.63, 3.8) is 0 Å². The molecule has 4 aromatic carbocycles. The highest BCUT2D eigenvalue weighted by Gasteiger charge is 2.38. The number of nitrogens with zero attached hydrogens (tertiary/aromatic N) is 13. The van der Waals surface area contributed by atoms with Crippen molar-refractivity contribution >= 4 is 80.2 Å². The maximum atomic E-state index is 12.7. The summed E-state index contributed by atoms with van der Waals surface area (Å²) in [5, 5.41) is 14.0. The number of amides is 3. The number of carbonyl (C=O) groups excluding carboxylic acids is 4. The normalized spacial score (nSPS) is 20.7. The molecule has 105 heavy (non-hydrogen) atoms. The van der Waals surface area contributed by atoms with E-state index < -0.39 is 5.97 Å².